The van der Waals surface area contributed by atoms with Crippen LogP contribution < -0.4 is 5.73 Å². The normalized spacial score (nSPS) is 12.7. The molecule has 0 aliphatic rings. The molecule has 0 unspecified atom stereocenters. The Kier molecular flexibility index (Phi) is 3.26. The predicted octanol–water partition coefficient (Wildman–Crippen LogP) is 1.99. The third-order valence-electron chi connectivity index (χ3n) is 2.19. The molecule has 2 aromatic rings. The Balaban J connectivity index is 2.11. The highest BCUT2D eigenvalue weighted by Crippen LogP contribution is 2.25. The Morgan fingerprint density at radius 3 is 2.69 bits per heavy atom. The molecular weight excluding hydrogens is 220 g/mol. The summed E-state index contributed by atoms with van der Waals surface area (Å²) < 4.78 is 1.78. The highest BCUT2D eigenvalue weighted by Gasteiger charge is 2.03. The number of rotatable bonds is 3. The van der Waals surface area contributed by atoms with E-state index in [9.17, 15) is 0 Å². The molecule has 84 valence electrons. The van der Waals surface area contributed by atoms with Crippen LogP contribution in [0.25, 0.3) is 0 Å². The van der Waals surface area contributed by atoms with Crippen molar-refractivity contribution < 1.29 is 0 Å². The van der Waals surface area contributed by atoms with Crippen molar-refractivity contribution in [3.63, 3.8) is 0 Å². The lowest BCUT2D eigenvalue weighted by Crippen LogP contribution is -2.04. The molecule has 5 heteroatoms. The van der Waals surface area contributed by atoms with Crippen LogP contribution in [0.5, 0.6) is 0 Å². The maximum Gasteiger partial charge on any atom is 0.101 e. The fourth-order valence-corrected chi connectivity index (χ4v) is 2.08. The number of aryl methyl sites for hydroxylation is 1. The van der Waals surface area contributed by atoms with Gasteiger partial charge in [0.15, 0.2) is 0 Å². The Labute approximate surface area is 98.9 Å². The van der Waals surface area contributed by atoms with E-state index in [0.29, 0.717) is 0 Å². The summed E-state index contributed by atoms with van der Waals surface area (Å²) in [6.45, 7) is 1.95. The second-order valence-corrected chi connectivity index (χ2v) is 4.76. The molecule has 0 amide bonds. The fraction of sp³-hybridized carbons (Fsp3) is 0.273. The zero-order chi connectivity index (χ0) is 11.5. The molecule has 2 rings (SSSR count). The first kappa shape index (κ1) is 11.2. The van der Waals surface area contributed by atoms with Gasteiger partial charge in [0, 0.05) is 25.5 Å². The van der Waals surface area contributed by atoms with Crippen LogP contribution in [0.3, 0.4) is 0 Å². The van der Waals surface area contributed by atoms with Crippen molar-refractivity contribution in [2.45, 2.75) is 22.9 Å². The van der Waals surface area contributed by atoms with E-state index in [1.54, 1.807) is 16.4 Å². The van der Waals surface area contributed by atoms with Gasteiger partial charge in [-0.1, -0.05) is 17.8 Å². The summed E-state index contributed by atoms with van der Waals surface area (Å²) in [6, 6.07) is 4.03. The van der Waals surface area contributed by atoms with Gasteiger partial charge in [0.2, 0.25) is 0 Å². The summed E-state index contributed by atoms with van der Waals surface area (Å²) in [6.07, 6.45) is 5.61. The number of nitrogens with zero attached hydrogens (tertiary/aromatic N) is 3. The first-order chi connectivity index (χ1) is 7.65. The molecule has 1 atom stereocenters. The molecular formula is C11H14N4S. The van der Waals surface area contributed by atoms with Crippen LogP contribution in [0.2, 0.25) is 0 Å². The second-order valence-electron chi connectivity index (χ2n) is 3.67. The minimum absolute atomic E-state index is 0.0324. The van der Waals surface area contributed by atoms with E-state index >= 15 is 0 Å². The molecule has 0 fully saturated rings. The van der Waals surface area contributed by atoms with Gasteiger partial charge < -0.3 is 5.73 Å². The van der Waals surface area contributed by atoms with Crippen molar-refractivity contribution in [1.82, 2.24) is 14.8 Å². The first-order valence-electron chi connectivity index (χ1n) is 5.03. The lowest BCUT2D eigenvalue weighted by Gasteiger charge is -2.04. The van der Waals surface area contributed by atoms with Gasteiger partial charge in [-0.25, -0.2) is 4.98 Å². The van der Waals surface area contributed by atoms with Crippen LogP contribution in [0, 0.1) is 0 Å². The van der Waals surface area contributed by atoms with Crippen molar-refractivity contribution >= 4 is 11.8 Å². The van der Waals surface area contributed by atoms with Crippen LogP contribution in [0.1, 0.15) is 18.5 Å². The summed E-state index contributed by atoms with van der Waals surface area (Å²) in [4.78, 5) is 5.44. The topological polar surface area (TPSA) is 56.7 Å². The minimum Gasteiger partial charge on any atom is -0.324 e. The Hall–Kier alpha value is -1.33. The predicted molar refractivity (Wildman–Crippen MR) is 64.2 cm³/mol. The number of aromatic nitrogens is 3. The molecule has 16 heavy (non-hydrogen) atoms. The van der Waals surface area contributed by atoms with Gasteiger partial charge in [-0.3, -0.25) is 4.68 Å². The van der Waals surface area contributed by atoms with Gasteiger partial charge in [-0.15, -0.1) is 0 Å². The zero-order valence-electron chi connectivity index (χ0n) is 9.29. The van der Waals surface area contributed by atoms with Crippen LogP contribution in [0.4, 0.5) is 0 Å². The molecule has 0 aliphatic heterocycles. The number of pyridine rings is 1. The van der Waals surface area contributed by atoms with Gasteiger partial charge >= 0.3 is 0 Å². The molecule has 0 radical (unpaired) electrons. The Morgan fingerprint density at radius 2 is 2.19 bits per heavy atom. The third kappa shape index (κ3) is 2.62. The smallest absolute Gasteiger partial charge is 0.101 e. The summed E-state index contributed by atoms with van der Waals surface area (Å²) in [7, 11) is 1.90. The SMILES string of the molecule is C[C@H](N)c1ccc(Sc2cnn(C)c2)nc1. The summed E-state index contributed by atoms with van der Waals surface area (Å²) in [5, 5.41) is 5.06. The van der Waals surface area contributed by atoms with Crippen molar-refractivity contribution in [2.75, 3.05) is 0 Å². The molecule has 0 bridgehead atoms. The average Bonchev–Trinajstić information content (AvgIpc) is 2.65. The van der Waals surface area contributed by atoms with Crippen LogP contribution >= 0.6 is 11.8 Å². The van der Waals surface area contributed by atoms with E-state index in [-0.39, 0.29) is 6.04 Å². The largest absolute Gasteiger partial charge is 0.324 e. The quantitative estimate of drug-likeness (QED) is 0.882. The van der Waals surface area contributed by atoms with Crippen molar-refractivity contribution in [3.05, 3.63) is 36.3 Å². The lowest BCUT2D eigenvalue weighted by atomic mass is 10.2. The Morgan fingerprint density at radius 1 is 1.38 bits per heavy atom. The zero-order valence-corrected chi connectivity index (χ0v) is 10.1. The van der Waals surface area contributed by atoms with E-state index < -0.39 is 0 Å². The molecule has 2 aromatic heterocycles. The summed E-state index contributed by atoms with van der Waals surface area (Å²) >= 11 is 1.59. The molecule has 0 aromatic carbocycles. The second kappa shape index (κ2) is 4.67. The molecule has 0 spiro atoms. The number of hydrogen-bond acceptors (Lipinski definition) is 4. The van der Waals surface area contributed by atoms with Crippen LogP contribution in [-0.4, -0.2) is 14.8 Å². The van der Waals surface area contributed by atoms with E-state index in [2.05, 4.69) is 10.1 Å². The van der Waals surface area contributed by atoms with E-state index in [1.807, 2.05) is 44.7 Å². The minimum atomic E-state index is 0.0324. The van der Waals surface area contributed by atoms with Crippen LogP contribution in [0.15, 0.2) is 40.6 Å². The highest BCUT2D eigenvalue weighted by atomic mass is 32.2. The number of hydrogen-bond donors (Lipinski definition) is 1. The van der Waals surface area contributed by atoms with E-state index in [0.717, 1.165) is 15.5 Å². The molecule has 0 saturated heterocycles. The molecule has 2 N–H and O–H groups in total. The third-order valence-corrected chi connectivity index (χ3v) is 3.09. The van der Waals surface area contributed by atoms with Crippen molar-refractivity contribution in [3.8, 4) is 0 Å². The monoisotopic (exact) mass is 234 g/mol. The van der Waals surface area contributed by atoms with Gasteiger partial charge in [0.25, 0.3) is 0 Å². The molecule has 2 heterocycles. The highest BCUT2D eigenvalue weighted by molar-refractivity contribution is 7.99. The molecule has 0 saturated carbocycles. The summed E-state index contributed by atoms with van der Waals surface area (Å²) in [5.74, 6) is 0. The van der Waals surface area contributed by atoms with Crippen molar-refractivity contribution in [1.29, 1.82) is 0 Å². The first-order valence-corrected chi connectivity index (χ1v) is 5.85. The van der Waals surface area contributed by atoms with E-state index in [1.165, 1.54) is 0 Å². The molecule has 4 nitrogen and oxygen atoms in total. The van der Waals surface area contributed by atoms with Gasteiger partial charge in [-0.05, 0) is 18.6 Å². The lowest BCUT2D eigenvalue weighted by molar-refractivity contribution is 0.766. The van der Waals surface area contributed by atoms with Crippen LogP contribution in [-0.2, 0) is 7.05 Å². The fourth-order valence-electron chi connectivity index (χ4n) is 1.29. The van der Waals surface area contributed by atoms with E-state index in [4.69, 9.17) is 5.73 Å². The van der Waals surface area contributed by atoms with Gasteiger partial charge in [0.05, 0.1) is 11.1 Å². The van der Waals surface area contributed by atoms with Crippen molar-refractivity contribution in [2.24, 2.45) is 12.8 Å². The maximum absolute atomic E-state index is 5.76. The Bertz CT molecular complexity index is 461. The number of nitrogens with two attached hydrogens (primary N) is 1. The summed E-state index contributed by atoms with van der Waals surface area (Å²) in [5.41, 5.74) is 6.81. The van der Waals surface area contributed by atoms with Gasteiger partial charge in [0.1, 0.15) is 5.03 Å². The molecule has 0 aliphatic carbocycles. The van der Waals surface area contributed by atoms with Gasteiger partial charge in [-0.2, -0.15) is 5.10 Å². The average molecular weight is 234 g/mol. The maximum atomic E-state index is 5.76. The standard InChI is InChI=1S/C11H14N4S/c1-8(12)9-3-4-11(13-5-9)16-10-6-14-15(2)7-10/h3-8H,12H2,1-2H3/t8-/m0/s1.